The van der Waals surface area contributed by atoms with E-state index in [0.717, 1.165) is 13.0 Å². The van der Waals surface area contributed by atoms with Crippen LogP contribution in [0.3, 0.4) is 0 Å². The van der Waals surface area contributed by atoms with Crippen LogP contribution in [0.2, 0.25) is 0 Å². The van der Waals surface area contributed by atoms with Crippen molar-refractivity contribution in [3.05, 3.63) is 24.0 Å². The zero-order valence-corrected chi connectivity index (χ0v) is 7.12. The molecule has 0 saturated heterocycles. The number of aryl methyl sites for hydroxylation is 2. The van der Waals surface area contributed by atoms with Crippen LogP contribution in [0.25, 0.3) is 0 Å². The fourth-order valence-corrected chi connectivity index (χ4v) is 1.08. The number of rotatable bonds is 2. The number of hydrogen-bond acceptors (Lipinski definition) is 1. The average Bonchev–Trinajstić information content (AvgIpc) is 2.54. The Hall–Kier alpha value is -1.23. The number of aromatic nitrogens is 1. The maximum atomic E-state index is 6.50. The molecule has 2 heteroatoms. The van der Waals surface area contributed by atoms with Gasteiger partial charge in [0.2, 0.25) is 0 Å². The molecule has 0 radical (unpaired) electrons. The van der Waals surface area contributed by atoms with E-state index < -0.39 is 0 Å². The molecule has 1 aromatic rings. The molecule has 0 amide bonds. The highest BCUT2D eigenvalue weighted by Crippen LogP contribution is 2.01. The molecule has 0 unspecified atom stereocenters. The molecular weight excluding hydrogens is 136 g/mol. The third kappa shape index (κ3) is 2.46. The Morgan fingerprint density at radius 3 is 2.45 bits per heavy atom. The van der Waals surface area contributed by atoms with Crippen molar-refractivity contribution in [3.8, 4) is 6.57 Å². The van der Waals surface area contributed by atoms with E-state index in [0.29, 0.717) is 0 Å². The maximum absolute atomic E-state index is 6.50. The first-order valence-corrected chi connectivity index (χ1v) is 3.78. The fourth-order valence-electron chi connectivity index (χ4n) is 1.08. The van der Waals surface area contributed by atoms with Gasteiger partial charge in [-0.3, -0.25) is 0 Å². The van der Waals surface area contributed by atoms with Gasteiger partial charge in [0, 0.05) is 25.0 Å². The van der Waals surface area contributed by atoms with E-state index in [1.807, 2.05) is 0 Å². The van der Waals surface area contributed by atoms with Crippen LogP contribution in [0.4, 0.5) is 0 Å². The molecule has 0 spiro atoms. The van der Waals surface area contributed by atoms with E-state index in [1.165, 1.54) is 5.69 Å². The second kappa shape index (κ2) is 5.55. The lowest BCUT2D eigenvalue weighted by Gasteiger charge is -2.01. The van der Waals surface area contributed by atoms with Crippen molar-refractivity contribution in [2.75, 3.05) is 0 Å². The van der Waals surface area contributed by atoms with E-state index in [-0.39, 0.29) is 0 Å². The molecule has 1 heterocycles. The van der Waals surface area contributed by atoms with Crippen LogP contribution in [0.1, 0.15) is 19.5 Å². The zero-order chi connectivity index (χ0) is 8.69. The minimum Gasteiger partial charge on any atom is -0.352 e. The van der Waals surface area contributed by atoms with Crippen LogP contribution < -0.4 is 0 Å². The van der Waals surface area contributed by atoms with E-state index in [4.69, 9.17) is 5.26 Å². The van der Waals surface area contributed by atoms with Gasteiger partial charge in [0.15, 0.2) is 0 Å². The van der Waals surface area contributed by atoms with Crippen molar-refractivity contribution in [1.29, 1.82) is 5.26 Å². The van der Waals surface area contributed by atoms with Gasteiger partial charge in [-0.1, -0.05) is 6.92 Å². The summed E-state index contributed by atoms with van der Waals surface area (Å²) in [5.74, 6) is 0. The zero-order valence-electron chi connectivity index (χ0n) is 7.12. The predicted molar refractivity (Wildman–Crippen MR) is 46.2 cm³/mol. The summed E-state index contributed by atoms with van der Waals surface area (Å²) in [5, 5.41) is 6.50. The highest BCUT2D eigenvalue weighted by molar-refractivity contribution is 5.06. The van der Waals surface area contributed by atoms with Crippen molar-refractivity contribution in [2.45, 2.75) is 26.8 Å². The van der Waals surface area contributed by atoms with Crippen molar-refractivity contribution in [1.82, 2.24) is 4.57 Å². The molecule has 0 atom stereocenters. The summed E-state index contributed by atoms with van der Waals surface area (Å²) < 4.78 is 2.26. The first kappa shape index (κ1) is 9.77. The second-order valence-corrected chi connectivity index (χ2v) is 2.14. The van der Waals surface area contributed by atoms with Crippen LogP contribution in [0, 0.1) is 11.8 Å². The first-order valence-electron chi connectivity index (χ1n) is 3.78. The van der Waals surface area contributed by atoms with E-state index in [9.17, 15) is 0 Å². The van der Waals surface area contributed by atoms with Crippen molar-refractivity contribution in [2.24, 2.45) is 0 Å². The number of nitrogens with zero attached hydrogens (tertiary/aromatic N) is 2. The molecule has 60 valence electrons. The maximum Gasteiger partial charge on any atom is 0.0462 e. The molecule has 0 N–H and O–H groups in total. The number of hydrogen-bond donors (Lipinski definition) is 0. The summed E-state index contributed by atoms with van der Waals surface area (Å²) >= 11 is 0. The fraction of sp³-hybridized carbons (Fsp3) is 0.444. The smallest absolute Gasteiger partial charge is 0.0462 e. The second-order valence-electron chi connectivity index (χ2n) is 2.14. The van der Waals surface area contributed by atoms with Gasteiger partial charge in [-0.15, -0.1) is 0 Å². The molecule has 0 saturated carbocycles. The van der Waals surface area contributed by atoms with Crippen LogP contribution in [0.5, 0.6) is 0 Å². The van der Waals surface area contributed by atoms with Gasteiger partial charge in [-0.25, -0.2) is 5.26 Å². The molecular formula is C9H14N2. The average molecular weight is 150 g/mol. The molecule has 0 fully saturated rings. The first-order chi connectivity index (χ1) is 5.38. The van der Waals surface area contributed by atoms with Gasteiger partial charge in [-0.2, -0.15) is 0 Å². The Morgan fingerprint density at radius 1 is 1.45 bits per heavy atom. The molecule has 1 aromatic heterocycles. The Balaban J connectivity index is 0.000000461. The summed E-state index contributed by atoms with van der Waals surface area (Å²) in [7, 11) is 0. The summed E-state index contributed by atoms with van der Waals surface area (Å²) in [5.41, 5.74) is 1.43. The van der Waals surface area contributed by atoms with Gasteiger partial charge in [0.05, 0.1) is 0 Å². The summed E-state index contributed by atoms with van der Waals surface area (Å²) in [4.78, 5) is 0. The van der Waals surface area contributed by atoms with Crippen molar-refractivity contribution in [3.63, 3.8) is 0 Å². The topological polar surface area (TPSA) is 28.7 Å². The van der Waals surface area contributed by atoms with E-state index in [2.05, 4.69) is 43.3 Å². The lowest BCUT2D eigenvalue weighted by atomic mass is 10.3. The lowest BCUT2D eigenvalue weighted by molar-refractivity contribution is 0.721. The molecule has 0 aliphatic rings. The Kier molecular flexibility index (Phi) is 4.93. The van der Waals surface area contributed by atoms with Crippen LogP contribution in [-0.2, 0) is 13.0 Å². The Bertz CT molecular complexity index is 192. The van der Waals surface area contributed by atoms with Crippen molar-refractivity contribution < 1.29 is 0 Å². The minimum atomic E-state index is 1.09. The molecule has 2 nitrogen and oxygen atoms in total. The SMILES string of the molecule is C#N.CCc1cccn1CC. The molecule has 0 aliphatic carbocycles. The third-order valence-corrected chi connectivity index (χ3v) is 1.63. The Labute approximate surface area is 68.1 Å². The molecule has 11 heavy (non-hydrogen) atoms. The number of nitriles is 1. The lowest BCUT2D eigenvalue weighted by Crippen LogP contribution is -1.96. The quantitative estimate of drug-likeness (QED) is 0.635. The summed E-state index contributed by atoms with van der Waals surface area (Å²) in [6.07, 6.45) is 3.26. The predicted octanol–water partition coefficient (Wildman–Crippen LogP) is 2.21. The van der Waals surface area contributed by atoms with Crippen LogP contribution in [0.15, 0.2) is 18.3 Å². The molecule has 0 bridgehead atoms. The summed E-state index contributed by atoms with van der Waals surface area (Å²) in [6.45, 7) is 8.94. The van der Waals surface area contributed by atoms with E-state index in [1.54, 1.807) is 0 Å². The minimum absolute atomic E-state index is 1.09. The van der Waals surface area contributed by atoms with Gasteiger partial charge >= 0.3 is 0 Å². The summed E-state index contributed by atoms with van der Waals surface area (Å²) in [6, 6.07) is 4.27. The third-order valence-electron chi connectivity index (χ3n) is 1.63. The normalized spacial score (nSPS) is 8.36. The molecule has 1 rings (SSSR count). The van der Waals surface area contributed by atoms with Crippen molar-refractivity contribution >= 4 is 0 Å². The highest BCUT2D eigenvalue weighted by Gasteiger charge is 1.92. The van der Waals surface area contributed by atoms with Gasteiger partial charge in [0.1, 0.15) is 0 Å². The van der Waals surface area contributed by atoms with Gasteiger partial charge in [-0.05, 0) is 25.5 Å². The van der Waals surface area contributed by atoms with Gasteiger partial charge in [0.25, 0.3) is 0 Å². The monoisotopic (exact) mass is 150 g/mol. The molecule has 0 aromatic carbocycles. The largest absolute Gasteiger partial charge is 0.352 e. The standard InChI is InChI=1S/C8H13N.CHN/c1-3-8-6-5-7-9(8)4-2;1-2/h5-7H,3-4H2,1-2H3;1H. The van der Waals surface area contributed by atoms with Gasteiger partial charge < -0.3 is 4.57 Å². The highest BCUT2D eigenvalue weighted by atomic mass is 14.9. The van der Waals surface area contributed by atoms with Crippen LogP contribution in [-0.4, -0.2) is 4.57 Å². The van der Waals surface area contributed by atoms with E-state index >= 15 is 0 Å². The Morgan fingerprint density at radius 2 is 2.09 bits per heavy atom. The molecule has 0 aliphatic heterocycles. The van der Waals surface area contributed by atoms with Crippen LogP contribution >= 0.6 is 0 Å².